The Morgan fingerprint density at radius 3 is 2.70 bits per heavy atom. The summed E-state index contributed by atoms with van der Waals surface area (Å²) in [6.07, 6.45) is 1.72. The Kier molecular flexibility index (Phi) is 4.90. The van der Waals surface area contributed by atoms with E-state index in [1.807, 2.05) is 0 Å². The fourth-order valence-electron chi connectivity index (χ4n) is 2.52. The average molecular weight is 423 g/mol. The van der Waals surface area contributed by atoms with Crippen LogP contribution in [0.5, 0.6) is 17.2 Å². The topological polar surface area (TPSA) is 69.2 Å². The number of methoxy groups -OCH3 is 1. The largest absolute Gasteiger partial charge is 0.496 e. The van der Waals surface area contributed by atoms with Crippen LogP contribution in [0.1, 0.15) is 5.56 Å². The molecular formula is C18H12Cl2N2O4S. The lowest BCUT2D eigenvalue weighted by Crippen LogP contribution is -2.19. The van der Waals surface area contributed by atoms with Crippen LogP contribution in [0.3, 0.4) is 0 Å². The molecule has 0 bridgehead atoms. The van der Waals surface area contributed by atoms with E-state index < -0.39 is 0 Å². The lowest BCUT2D eigenvalue weighted by molar-refractivity contribution is -0.115. The van der Waals surface area contributed by atoms with Gasteiger partial charge in [0, 0.05) is 11.6 Å². The summed E-state index contributed by atoms with van der Waals surface area (Å²) in [6.45, 7) is 0.161. The summed E-state index contributed by atoms with van der Waals surface area (Å²) in [5, 5.41) is 4.02. The van der Waals surface area contributed by atoms with Crippen LogP contribution in [0.2, 0.25) is 10.0 Å². The molecule has 1 N–H and O–H groups in total. The number of ether oxygens (including phenoxy) is 3. The molecule has 2 aliphatic heterocycles. The molecule has 0 aromatic heterocycles. The molecule has 2 heterocycles. The molecular weight excluding hydrogens is 411 g/mol. The standard InChI is InChI=1S/C18H12Cl2N2O4S/c1-24-13-7-15-14(25-8-26-15)4-9(13)5-16-17(23)22-18(27-16)21-10-2-3-11(19)12(20)6-10/h2-7H,8H2,1H3,(H,21,22,23)/b16-5+. The fraction of sp³-hybridized carbons (Fsp3) is 0.111. The number of carbonyl (C=O) groups excluding carboxylic acids is 1. The van der Waals surface area contributed by atoms with Gasteiger partial charge >= 0.3 is 0 Å². The van der Waals surface area contributed by atoms with E-state index in [2.05, 4.69) is 10.3 Å². The second-order valence-electron chi connectivity index (χ2n) is 5.53. The second kappa shape index (κ2) is 7.34. The lowest BCUT2D eigenvalue weighted by Gasteiger charge is -2.06. The van der Waals surface area contributed by atoms with Crippen molar-refractivity contribution in [2.24, 2.45) is 4.99 Å². The molecule has 1 fully saturated rings. The van der Waals surface area contributed by atoms with E-state index >= 15 is 0 Å². The Labute approximate surface area is 169 Å². The SMILES string of the molecule is COc1cc2c(cc1/C=C1/SC(=Nc3ccc(Cl)c(Cl)c3)NC1=O)OCO2. The van der Waals surface area contributed by atoms with Gasteiger partial charge in [0.1, 0.15) is 5.75 Å². The Morgan fingerprint density at radius 1 is 1.19 bits per heavy atom. The number of amidine groups is 1. The van der Waals surface area contributed by atoms with Crippen LogP contribution < -0.4 is 19.5 Å². The van der Waals surface area contributed by atoms with Crippen LogP contribution in [-0.4, -0.2) is 25.0 Å². The number of nitrogens with one attached hydrogen (secondary N) is 1. The molecule has 0 radical (unpaired) electrons. The molecule has 1 amide bonds. The molecule has 9 heteroatoms. The highest BCUT2D eigenvalue weighted by atomic mass is 35.5. The van der Waals surface area contributed by atoms with Gasteiger partial charge in [-0.3, -0.25) is 4.79 Å². The maximum Gasteiger partial charge on any atom is 0.264 e. The molecule has 2 aliphatic rings. The molecule has 2 aromatic carbocycles. The normalized spacial score (nSPS) is 18.3. The average Bonchev–Trinajstić information content (AvgIpc) is 3.23. The van der Waals surface area contributed by atoms with Crippen LogP contribution in [0, 0.1) is 0 Å². The molecule has 6 nitrogen and oxygen atoms in total. The first kappa shape index (κ1) is 18.0. The van der Waals surface area contributed by atoms with Gasteiger partial charge < -0.3 is 19.5 Å². The predicted molar refractivity (Wildman–Crippen MR) is 106 cm³/mol. The zero-order chi connectivity index (χ0) is 19.0. The van der Waals surface area contributed by atoms with E-state index in [0.717, 1.165) is 0 Å². The van der Waals surface area contributed by atoms with Gasteiger partial charge in [-0.25, -0.2) is 4.99 Å². The number of carbonyl (C=O) groups is 1. The van der Waals surface area contributed by atoms with Crippen molar-refractivity contribution in [3.8, 4) is 17.2 Å². The minimum Gasteiger partial charge on any atom is -0.496 e. The summed E-state index contributed by atoms with van der Waals surface area (Å²) >= 11 is 13.1. The van der Waals surface area contributed by atoms with E-state index in [0.29, 0.717) is 48.6 Å². The summed E-state index contributed by atoms with van der Waals surface area (Å²) in [5.41, 5.74) is 1.30. The number of hydrogen-bond acceptors (Lipinski definition) is 6. The van der Waals surface area contributed by atoms with Crippen molar-refractivity contribution < 1.29 is 19.0 Å². The first-order valence-corrected chi connectivity index (χ1v) is 9.33. The van der Waals surface area contributed by atoms with Crippen LogP contribution >= 0.6 is 35.0 Å². The van der Waals surface area contributed by atoms with Crippen LogP contribution in [0.25, 0.3) is 6.08 Å². The Balaban J connectivity index is 1.63. The van der Waals surface area contributed by atoms with Gasteiger partial charge in [-0.1, -0.05) is 23.2 Å². The smallest absolute Gasteiger partial charge is 0.264 e. The number of amides is 1. The summed E-state index contributed by atoms with van der Waals surface area (Å²) in [5.74, 6) is 1.55. The highest BCUT2D eigenvalue weighted by Gasteiger charge is 2.25. The first-order chi connectivity index (χ1) is 13.0. The minimum atomic E-state index is -0.251. The summed E-state index contributed by atoms with van der Waals surface area (Å²) in [7, 11) is 1.55. The Hall–Kier alpha value is -2.35. The molecule has 138 valence electrons. The van der Waals surface area contributed by atoms with Crippen molar-refractivity contribution in [2.45, 2.75) is 0 Å². The third-order valence-electron chi connectivity index (χ3n) is 3.80. The number of halogens is 2. The molecule has 0 atom stereocenters. The van der Waals surface area contributed by atoms with Crippen molar-refractivity contribution in [1.82, 2.24) is 5.32 Å². The first-order valence-electron chi connectivity index (χ1n) is 7.76. The van der Waals surface area contributed by atoms with Crippen molar-refractivity contribution in [3.63, 3.8) is 0 Å². The maximum atomic E-state index is 12.3. The third-order valence-corrected chi connectivity index (χ3v) is 5.45. The summed E-state index contributed by atoms with van der Waals surface area (Å²) in [6, 6.07) is 8.51. The van der Waals surface area contributed by atoms with Crippen molar-refractivity contribution in [1.29, 1.82) is 0 Å². The van der Waals surface area contributed by atoms with Crippen LogP contribution in [0.4, 0.5) is 5.69 Å². The molecule has 0 unspecified atom stereocenters. The van der Waals surface area contributed by atoms with Gasteiger partial charge in [-0.05, 0) is 42.1 Å². The molecule has 2 aromatic rings. The van der Waals surface area contributed by atoms with Crippen molar-refractivity contribution >= 4 is 57.8 Å². The van der Waals surface area contributed by atoms with Crippen molar-refractivity contribution in [3.05, 3.63) is 50.8 Å². The fourth-order valence-corrected chi connectivity index (χ4v) is 3.65. The van der Waals surface area contributed by atoms with E-state index in [9.17, 15) is 4.79 Å². The zero-order valence-electron chi connectivity index (χ0n) is 13.9. The van der Waals surface area contributed by atoms with Crippen molar-refractivity contribution in [2.75, 3.05) is 13.9 Å². The second-order valence-corrected chi connectivity index (χ2v) is 7.37. The van der Waals surface area contributed by atoms with Gasteiger partial charge in [0.15, 0.2) is 16.7 Å². The Morgan fingerprint density at radius 2 is 1.96 bits per heavy atom. The van der Waals surface area contributed by atoms with Crippen LogP contribution in [0.15, 0.2) is 40.2 Å². The molecule has 0 aliphatic carbocycles. The number of aliphatic imine (C=N–C) groups is 1. The summed E-state index contributed by atoms with van der Waals surface area (Å²) < 4.78 is 16.1. The van der Waals surface area contributed by atoms with Gasteiger partial charge in [-0.2, -0.15) is 0 Å². The highest BCUT2D eigenvalue weighted by Crippen LogP contribution is 2.40. The molecule has 0 saturated carbocycles. The van der Waals surface area contributed by atoms with E-state index in [4.69, 9.17) is 37.4 Å². The third kappa shape index (κ3) is 3.71. The zero-order valence-corrected chi connectivity index (χ0v) is 16.2. The lowest BCUT2D eigenvalue weighted by atomic mass is 10.1. The summed E-state index contributed by atoms with van der Waals surface area (Å²) in [4.78, 5) is 17.2. The molecule has 27 heavy (non-hydrogen) atoms. The predicted octanol–water partition coefficient (Wildman–Crippen LogP) is 4.62. The van der Waals surface area contributed by atoms with E-state index in [1.54, 1.807) is 43.5 Å². The van der Waals surface area contributed by atoms with Gasteiger partial charge in [0.2, 0.25) is 6.79 Å². The quantitative estimate of drug-likeness (QED) is 0.730. The molecule has 1 saturated heterocycles. The van der Waals surface area contributed by atoms with Crippen LogP contribution in [-0.2, 0) is 4.79 Å². The minimum absolute atomic E-state index is 0.161. The van der Waals surface area contributed by atoms with Gasteiger partial charge in [0.05, 0.1) is 27.7 Å². The number of benzene rings is 2. The number of rotatable bonds is 3. The number of nitrogens with zero attached hydrogens (tertiary/aromatic N) is 1. The Bertz CT molecular complexity index is 1010. The maximum absolute atomic E-state index is 12.3. The molecule has 0 spiro atoms. The highest BCUT2D eigenvalue weighted by molar-refractivity contribution is 8.18. The van der Waals surface area contributed by atoms with E-state index in [-0.39, 0.29) is 12.7 Å². The van der Waals surface area contributed by atoms with Gasteiger partial charge in [0.25, 0.3) is 5.91 Å². The number of fused-ring (bicyclic) bond motifs is 1. The van der Waals surface area contributed by atoms with E-state index in [1.165, 1.54) is 11.8 Å². The monoisotopic (exact) mass is 422 g/mol. The number of hydrogen-bond donors (Lipinski definition) is 1. The van der Waals surface area contributed by atoms with Gasteiger partial charge in [-0.15, -0.1) is 0 Å². The molecule has 4 rings (SSSR count). The number of thioether (sulfide) groups is 1.